The third kappa shape index (κ3) is 2.08. The summed E-state index contributed by atoms with van der Waals surface area (Å²) in [6.45, 7) is 1.43. The molecule has 1 aromatic carbocycles. The second kappa shape index (κ2) is 4.61. The van der Waals surface area contributed by atoms with Crippen molar-refractivity contribution in [1.82, 2.24) is 4.90 Å². The smallest absolute Gasteiger partial charge is 0.254 e. The van der Waals surface area contributed by atoms with E-state index in [0.717, 1.165) is 37.1 Å². The van der Waals surface area contributed by atoms with Crippen molar-refractivity contribution in [2.24, 2.45) is 0 Å². The minimum absolute atomic E-state index is 0.0332. The molecule has 0 atom stereocenters. The van der Waals surface area contributed by atoms with Gasteiger partial charge in [-0.25, -0.2) is 0 Å². The van der Waals surface area contributed by atoms with Crippen molar-refractivity contribution in [3.63, 3.8) is 0 Å². The van der Waals surface area contributed by atoms with Gasteiger partial charge in [0.25, 0.3) is 5.91 Å². The van der Waals surface area contributed by atoms with Gasteiger partial charge >= 0.3 is 0 Å². The molecular weight excluding hydrogens is 228 g/mol. The van der Waals surface area contributed by atoms with E-state index in [-0.39, 0.29) is 12.5 Å². The van der Waals surface area contributed by atoms with Crippen LogP contribution >= 0.6 is 0 Å². The van der Waals surface area contributed by atoms with Crippen LogP contribution in [0.2, 0.25) is 0 Å². The highest BCUT2D eigenvalue weighted by atomic mass is 16.3. The molecule has 0 spiro atoms. The van der Waals surface area contributed by atoms with Crippen LogP contribution in [0.15, 0.2) is 18.2 Å². The Morgan fingerprint density at radius 3 is 3.00 bits per heavy atom. The first-order chi connectivity index (χ1) is 8.79. The van der Waals surface area contributed by atoms with E-state index in [1.54, 1.807) is 4.90 Å². The number of nitrogens with one attached hydrogen (secondary N) is 1. The first kappa shape index (κ1) is 11.5. The Hall–Kier alpha value is -1.55. The molecule has 1 amide bonds. The molecule has 3 rings (SSSR count). The van der Waals surface area contributed by atoms with Crippen LogP contribution in [-0.4, -0.2) is 41.7 Å². The van der Waals surface area contributed by atoms with E-state index >= 15 is 0 Å². The number of carbonyl (C=O) groups excluding carboxylic acids is 1. The number of hydrogen-bond acceptors (Lipinski definition) is 3. The van der Waals surface area contributed by atoms with Gasteiger partial charge in [0, 0.05) is 30.4 Å². The highest BCUT2D eigenvalue weighted by Crippen LogP contribution is 2.29. The largest absolute Gasteiger partial charge is 0.395 e. The van der Waals surface area contributed by atoms with Gasteiger partial charge in [-0.05, 0) is 37.0 Å². The van der Waals surface area contributed by atoms with Gasteiger partial charge in [0.15, 0.2) is 0 Å². The van der Waals surface area contributed by atoms with E-state index in [2.05, 4.69) is 5.32 Å². The molecule has 2 aliphatic rings. The molecule has 1 aliphatic heterocycles. The Kier molecular flexibility index (Phi) is 2.96. The fraction of sp³-hybridized carbons (Fsp3) is 0.500. The van der Waals surface area contributed by atoms with Crippen LogP contribution in [0.25, 0.3) is 0 Å². The van der Waals surface area contributed by atoms with Crippen LogP contribution in [-0.2, 0) is 6.42 Å². The molecule has 0 aromatic heterocycles. The Balaban J connectivity index is 1.82. The lowest BCUT2D eigenvalue weighted by molar-refractivity contribution is 0.0707. The Morgan fingerprint density at radius 1 is 1.44 bits per heavy atom. The van der Waals surface area contributed by atoms with Gasteiger partial charge in [-0.3, -0.25) is 4.79 Å². The summed E-state index contributed by atoms with van der Waals surface area (Å²) in [5, 5.41) is 12.3. The summed E-state index contributed by atoms with van der Waals surface area (Å²) in [6.07, 6.45) is 3.16. The molecule has 0 unspecified atom stereocenters. The number of carbonyl (C=O) groups is 1. The highest BCUT2D eigenvalue weighted by molar-refractivity contribution is 5.96. The minimum Gasteiger partial charge on any atom is -0.395 e. The van der Waals surface area contributed by atoms with Crippen LogP contribution in [0.3, 0.4) is 0 Å². The van der Waals surface area contributed by atoms with Crippen LogP contribution in [0.4, 0.5) is 5.69 Å². The van der Waals surface area contributed by atoms with Crippen molar-refractivity contribution in [2.75, 3.05) is 25.0 Å². The molecule has 4 heteroatoms. The number of hydrogen-bond donors (Lipinski definition) is 2. The summed E-state index contributed by atoms with van der Waals surface area (Å²) >= 11 is 0. The standard InChI is InChI=1S/C14H18N2O2/c17-8-7-16(12-3-4-12)14(18)11-2-1-10-5-6-15-13(10)9-11/h1-2,9,12,15,17H,3-8H2. The third-order valence-corrected chi connectivity index (χ3v) is 3.66. The maximum atomic E-state index is 12.4. The number of rotatable bonds is 4. The number of aliphatic hydroxyl groups excluding tert-OH is 1. The first-order valence-corrected chi connectivity index (χ1v) is 6.58. The molecule has 18 heavy (non-hydrogen) atoms. The van der Waals surface area contributed by atoms with E-state index in [1.807, 2.05) is 18.2 Å². The molecule has 0 bridgehead atoms. The van der Waals surface area contributed by atoms with Crippen LogP contribution in [0.1, 0.15) is 28.8 Å². The second-order valence-electron chi connectivity index (χ2n) is 5.00. The monoisotopic (exact) mass is 246 g/mol. The van der Waals surface area contributed by atoms with Crippen molar-refractivity contribution in [2.45, 2.75) is 25.3 Å². The van der Waals surface area contributed by atoms with Crippen LogP contribution < -0.4 is 5.32 Å². The summed E-state index contributed by atoms with van der Waals surface area (Å²) in [6, 6.07) is 6.22. The van der Waals surface area contributed by atoms with Crippen molar-refractivity contribution in [3.8, 4) is 0 Å². The Bertz CT molecular complexity index is 469. The molecule has 1 fully saturated rings. The van der Waals surface area contributed by atoms with Gasteiger partial charge in [0.2, 0.25) is 0 Å². The normalized spacial score (nSPS) is 17.2. The predicted molar refractivity (Wildman–Crippen MR) is 69.8 cm³/mol. The SMILES string of the molecule is O=C(c1ccc2c(c1)NCC2)N(CCO)C1CC1. The lowest BCUT2D eigenvalue weighted by Gasteiger charge is -2.21. The van der Waals surface area contributed by atoms with Crippen LogP contribution in [0.5, 0.6) is 0 Å². The lowest BCUT2D eigenvalue weighted by Crippen LogP contribution is -2.35. The van der Waals surface area contributed by atoms with E-state index in [4.69, 9.17) is 5.11 Å². The van der Waals surface area contributed by atoms with E-state index in [0.29, 0.717) is 12.6 Å². The summed E-state index contributed by atoms with van der Waals surface area (Å²) < 4.78 is 0. The fourth-order valence-corrected chi connectivity index (χ4v) is 2.53. The van der Waals surface area contributed by atoms with E-state index in [9.17, 15) is 4.79 Å². The van der Waals surface area contributed by atoms with Crippen molar-refractivity contribution in [3.05, 3.63) is 29.3 Å². The molecule has 0 radical (unpaired) electrons. The molecular formula is C14H18N2O2. The minimum atomic E-state index is 0.0332. The average molecular weight is 246 g/mol. The second-order valence-corrected chi connectivity index (χ2v) is 5.00. The van der Waals surface area contributed by atoms with Gasteiger partial charge in [-0.1, -0.05) is 6.07 Å². The summed E-state index contributed by atoms with van der Waals surface area (Å²) in [5.41, 5.74) is 3.09. The lowest BCUT2D eigenvalue weighted by atomic mass is 10.1. The average Bonchev–Trinajstić information content (AvgIpc) is 3.12. The molecule has 2 N–H and O–H groups in total. The van der Waals surface area contributed by atoms with Gasteiger partial charge in [-0.2, -0.15) is 0 Å². The fourth-order valence-electron chi connectivity index (χ4n) is 2.53. The van der Waals surface area contributed by atoms with Gasteiger partial charge in [0.1, 0.15) is 0 Å². The number of nitrogens with zero attached hydrogens (tertiary/aromatic N) is 1. The first-order valence-electron chi connectivity index (χ1n) is 6.58. The number of benzene rings is 1. The van der Waals surface area contributed by atoms with Gasteiger partial charge in [0.05, 0.1) is 6.61 Å². The van der Waals surface area contributed by atoms with E-state index in [1.165, 1.54) is 5.56 Å². The number of aliphatic hydroxyl groups is 1. The molecule has 1 aromatic rings. The summed E-state index contributed by atoms with van der Waals surface area (Å²) in [4.78, 5) is 14.2. The van der Waals surface area contributed by atoms with Crippen LogP contribution in [0, 0.1) is 0 Å². The molecule has 1 aliphatic carbocycles. The molecule has 1 saturated carbocycles. The molecule has 1 heterocycles. The van der Waals surface area contributed by atoms with Gasteiger partial charge < -0.3 is 15.3 Å². The predicted octanol–water partition coefficient (Wildman–Crippen LogP) is 1.25. The quantitative estimate of drug-likeness (QED) is 0.840. The zero-order chi connectivity index (χ0) is 12.5. The number of fused-ring (bicyclic) bond motifs is 1. The maximum absolute atomic E-state index is 12.4. The van der Waals surface area contributed by atoms with Gasteiger partial charge in [-0.15, -0.1) is 0 Å². The zero-order valence-corrected chi connectivity index (χ0v) is 10.4. The van der Waals surface area contributed by atoms with Crippen molar-refractivity contribution in [1.29, 1.82) is 0 Å². The number of amides is 1. The third-order valence-electron chi connectivity index (χ3n) is 3.66. The maximum Gasteiger partial charge on any atom is 0.254 e. The zero-order valence-electron chi connectivity index (χ0n) is 10.4. The highest BCUT2D eigenvalue weighted by Gasteiger charge is 2.32. The topological polar surface area (TPSA) is 52.6 Å². The number of anilines is 1. The Labute approximate surface area is 107 Å². The molecule has 4 nitrogen and oxygen atoms in total. The summed E-state index contributed by atoms with van der Waals surface area (Å²) in [5.74, 6) is 0.0445. The Morgan fingerprint density at radius 2 is 2.28 bits per heavy atom. The van der Waals surface area contributed by atoms with Crippen molar-refractivity contribution < 1.29 is 9.90 Å². The summed E-state index contributed by atoms with van der Waals surface area (Å²) in [7, 11) is 0. The van der Waals surface area contributed by atoms with Crippen molar-refractivity contribution >= 4 is 11.6 Å². The molecule has 96 valence electrons. The van der Waals surface area contributed by atoms with E-state index < -0.39 is 0 Å². The molecule has 0 saturated heterocycles.